The Labute approximate surface area is 176 Å². The van der Waals surface area contributed by atoms with Crippen LogP contribution in [0.25, 0.3) is 10.6 Å². The first-order chi connectivity index (χ1) is 13.5. The van der Waals surface area contributed by atoms with Crippen LogP contribution < -0.4 is 11.1 Å². The molecular weight excluding hydrogens is 415 g/mol. The first-order valence-electron chi connectivity index (χ1n) is 8.33. The normalized spacial score (nSPS) is 11.6. The molecule has 5 nitrogen and oxygen atoms in total. The Morgan fingerprint density at radius 1 is 1.29 bits per heavy atom. The second-order valence-corrected chi connectivity index (χ2v) is 7.87. The third-order valence-electron chi connectivity index (χ3n) is 4.03. The number of nitrogens with zero attached hydrogens (tertiary/aromatic N) is 2. The van der Waals surface area contributed by atoms with Crippen molar-refractivity contribution in [1.29, 1.82) is 0 Å². The molecule has 0 bridgehead atoms. The number of halogens is 2. The summed E-state index contributed by atoms with van der Waals surface area (Å²) >= 11 is 13.6. The van der Waals surface area contributed by atoms with E-state index in [1.54, 1.807) is 30.5 Å². The lowest BCUT2D eigenvalue weighted by atomic mass is 9.96. The Kier molecular flexibility index (Phi) is 6.53. The van der Waals surface area contributed by atoms with Crippen LogP contribution >= 0.6 is 34.5 Å². The molecule has 1 unspecified atom stereocenters. The number of carbonyl (C=O) groups is 1. The Hall–Kier alpha value is -2.59. The molecule has 3 rings (SSSR count). The quantitative estimate of drug-likeness (QED) is 0.558. The summed E-state index contributed by atoms with van der Waals surface area (Å²) < 4.78 is 0. The van der Waals surface area contributed by atoms with E-state index in [9.17, 15) is 4.79 Å². The number of anilines is 1. The molecule has 28 heavy (non-hydrogen) atoms. The molecule has 0 fully saturated rings. The second kappa shape index (κ2) is 9.07. The molecule has 0 saturated heterocycles. The third-order valence-corrected chi connectivity index (χ3v) is 5.70. The maximum Gasteiger partial charge on any atom is 0.261 e. The second-order valence-electron chi connectivity index (χ2n) is 5.95. The summed E-state index contributed by atoms with van der Waals surface area (Å²) in [6, 6.07) is 10.6. The zero-order valence-electron chi connectivity index (χ0n) is 14.7. The van der Waals surface area contributed by atoms with E-state index < -0.39 is 0 Å². The highest BCUT2D eigenvalue weighted by molar-refractivity contribution is 7.17. The van der Waals surface area contributed by atoms with E-state index in [0.717, 1.165) is 10.4 Å². The number of aromatic nitrogens is 2. The van der Waals surface area contributed by atoms with E-state index in [-0.39, 0.29) is 17.8 Å². The maximum atomic E-state index is 12.6. The molecule has 1 atom stereocenters. The summed E-state index contributed by atoms with van der Waals surface area (Å²) in [6.07, 6.45) is 7.51. The van der Waals surface area contributed by atoms with Crippen LogP contribution in [-0.4, -0.2) is 22.4 Å². The highest BCUT2D eigenvalue weighted by atomic mass is 35.5. The molecule has 1 amide bonds. The van der Waals surface area contributed by atoms with E-state index in [1.807, 2.05) is 12.1 Å². The number of nitrogens with one attached hydrogen (secondary N) is 1. The lowest BCUT2D eigenvalue weighted by Gasteiger charge is -2.17. The number of hydrogen-bond donors (Lipinski definition) is 2. The van der Waals surface area contributed by atoms with Gasteiger partial charge in [-0.05, 0) is 35.9 Å². The van der Waals surface area contributed by atoms with Crippen molar-refractivity contribution in [3.8, 4) is 22.9 Å². The number of benzene rings is 1. The van der Waals surface area contributed by atoms with Gasteiger partial charge in [-0.15, -0.1) is 23.7 Å². The van der Waals surface area contributed by atoms with E-state index >= 15 is 0 Å². The minimum atomic E-state index is -0.189. The smallest absolute Gasteiger partial charge is 0.261 e. The van der Waals surface area contributed by atoms with Crippen LogP contribution in [0, 0.1) is 12.3 Å². The van der Waals surface area contributed by atoms with Crippen molar-refractivity contribution >= 4 is 46.4 Å². The fourth-order valence-electron chi connectivity index (χ4n) is 2.68. The van der Waals surface area contributed by atoms with E-state index in [2.05, 4.69) is 21.2 Å². The van der Waals surface area contributed by atoms with Crippen molar-refractivity contribution in [3.63, 3.8) is 0 Å². The van der Waals surface area contributed by atoms with E-state index in [4.69, 9.17) is 35.4 Å². The van der Waals surface area contributed by atoms with Crippen molar-refractivity contribution in [2.75, 3.05) is 12.3 Å². The minimum absolute atomic E-state index is 0.111. The SMILES string of the molecule is C#CCC(CNC(=O)c1ccc(-c2ccnc(N)n2)s1)c1ccc(Cl)cc1Cl. The predicted molar refractivity (Wildman–Crippen MR) is 115 cm³/mol. The van der Waals surface area contributed by atoms with Gasteiger partial charge < -0.3 is 11.1 Å². The predicted octanol–water partition coefficient (Wildman–Crippen LogP) is 4.63. The largest absolute Gasteiger partial charge is 0.368 e. The molecule has 2 heterocycles. The van der Waals surface area contributed by atoms with Gasteiger partial charge in [0, 0.05) is 35.1 Å². The Morgan fingerprint density at radius 3 is 2.82 bits per heavy atom. The average molecular weight is 431 g/mol. The van der Waals surface area contributed by atoms with Gasteiger partial charge in [0.15, 0.2) is 0 Å². The van der Waals surface area contributed by atoms with Gasteiger partial charge in [0.1, 0.15) is 0 Å². The summed E-state index contributed by atoms with van der Waals surface area (Å²) in [6.45, 7) is 0.359. The molecule has 2 aromatic heterocycles. The molecule has 0 saturated carbocycles. The maximum absolute atomic E-state index is 12.6. The number of thiophene rings is 1. The minimum Gasteiger partial charge on any atom is -0.368 e. The molecule has 0 aliphatic heterocycles. The average Bonchev–Trinajstić information content (AvgIpc) is 3.16. The Bertz CT molecular complexity index is 1040. The van der Waals surface area contributed by atoms with Crippen LogP contribution in [0.5, 0.6) is 0 Å². The lowest BCUT2D eigenvalue weighted by Crippen LogP contribution is -2.27. The van der Waals surface area contributed by atoms with Gasteiger partial charge in [-0.2, -0.15) is 0 Å². The monoisotopic (exact) mass is 430 g/mol. The zero-order valence-corrected chi connectivity index (χ0v) is 17.0. The molecule has 3 aromatic rings. The number of carbonyl (C=O) groups excluding carboxylic acids is 1. The highest BCUT2D eigenvalue weighted by Crippen LogP contribution is 2.30. The number of nitrogens with two attached hydrogens (primary N) is 1. The number of nitrogen functional groups attached to an aromatic ring is 1. The number of hydrogen-bond acceptors (Lipinski definition) is 5. The topological polar surface area (TPSA) is 80.9 Å². The first kappa shape index (κ1) is 20.2. The van der Waals surface area contributed by atoms with Crippen LogP contribution in [0.1, 0.15) is 27.6 Å². The molecule has 0 radical (unpaired) electrons. The molecular formula is C20H16Cl2N4OS. The van der Waals surface area contributed by atoms with Gasteiger partial charge in [-0.3, -0.25) is 4.79 Å². The third kappa shape index (κ3) is 4.82. The van der Waals surface area contributed by atoms with Crippen LogP contribution in [-0.2, 0) is 0 Å². The molecule has 0 aliphatic rings. The van der Waals surface area contributed by atoms with Gasteiger partial charge in [0.05, 0.1) is 15.4 Å². The van der Waals surface area contributed by atoms with Gasteiger partial charge >= 0.3 is 0 Å². The molecule has 8 heteroatoms. The van der Waals surface area contributed by atoms with Gasteiger partial charge in [-0.25, -0.2) is 9.97 Å². The standard InChI is InChI=1S/C20H16Cl2N4OS/c1-2-3-12(14-5-4-13(21)10-15(14)22)11-25-19(27)18-7-6-17(28-18)16-8-9-24-20(23)26-16/h1,4-10,12H,3,11H2,(H,25,27)(H2,23,24,26). The highest BCUT2D eigenvalue weighted by Gasteiger charge is 2.17. The van der Waals surface area contributed by atoms with Crippen molar-refractivity contribution in [2.45, 2.75) is 12.3 Å². The summed E-state index contributed by atoms with van der Waals surface area (Å²) in [5.41, 5.74) is 7.15. The fourth-order valence-corrected chi connectivity index (χ4v) is 4.13. The number of amides is 1. The van der Waals surface area contributed by atoms with Crippen LogP contribution in [0.15, 0.2) is 42.6 Å². The van der Waals surface area contributed by atoms with E-state index in [0.29, 0.717) is 33.6 Å². The van der Waals surface area contributed by atoms with Crippen LogP contribution in [0.3, 0.4) is 0 Å². The zero-order chi connectivity index (χ0) is 20.1. The summed E-state index contributed by atoms with van der Waals surface area (Å²) in [5.74, 6) is 2.52. The first-order valence-corrected chi connectivity index (χ1v) is 9.90. The summed E-state index contributed by atoms with van der Waals surface area (Å²) in [7, 11) is 0. The molecule has 0 spiro atoms. The lowest BCUT2D eigenvalue weighted by molar-refractivity contribution is 0.0955. The molecule has 142 valence electrons. The van der Waals surface area contributed by atoms with Gasteiger partial charge in [0.2, 0.25) is 5.95 Å². The number of rotatable bonds is 6. The van der Waals surface area contributed by atoms with Crippen molar-refractivity contribution in [1.82, 2.24) is 15.3 Å². The Balaban J connectivity index is 1.71. The number of terminal acetylenes is 1. The van der Waals surface area contributed by atoms with E-state index in [1.165, 1.54) is 11.3 Å². The molecule has 1 aromatic carbocycles. The summed E-state index contributed by atoms with van der Waals surface area (Å²) in [4.78, 5) is 22.0. The van der Waals surface area contributed by atoms with Gasteiger partial charge in [-0.1, -0.05) is 29.3 Å². The molecule has 0 aliphatic carbocycles. The van der Waals surface area contributed by atoms with Crippen LogP contribution in [0.2, 0.25) is 10.0 Å². The Morgan fingerprint density at radius 2 is 2.11 bits per heavy atom. The van der Waals surface area contributed by atoms with Crippen molar-refractivity contribution in [3.05, 3.63) is 63.1 Å². The van der Waals surface area contributed by atoms with Crippen molar-refractivity contribution < 1.29 is 4.79 Å². The molecule has 3 N–H and O–H groups in total. The van der Waals surface area contributed by atoms with Crippen molar-refractivity contribution in [2.24, 2.45) is 0 Å². The van der Waals surface area contributed by atoms with Crippen LogP contribution in [0.4, 0.5) is 5.95 Å². The van der Waals surface area contributed by atoms with Gasteiger partial charge in [0.25, 0.3) is 5.91 Å². The summed E-state index contributed by atoms with van der Waals surface area (Å²) in [5, 5.41) is 4.01. The fraction of sp³-hybridized carbons (Fsp3) is 0.150.